The molecular formula is C13H17N. The molecule has 2 aliphatic carbocycles. The highest BCUT2D eigenvalue weighted by molar-refractivity contribution is 5.46. The molecule has 0 aromatic heterocycles. The first-order valence-electron chi connectivity index (χ1n) is 5.68. The van der Waals surface area contributed by atoms with Crippen molar-refractivity contribution < 1.29 is 0 Å². The van der Waals surface area contributed by atoms with E-state index in [2.05, 4.69) is 36.5 Å². The van der Waals surface area contributed by atoms with Crippen LogP contribution in [0.1, 0.15) is 30.9 Å². The third kappa shape index (κ3) is 0.992. The molecule has 0 heterocycles. The molecule has 0 bridgehead atoms. The lowest BCUT2D eigenvalue weighted by Gasteiger charge is -2.11. The lowest BCUT2D eigenvalue weighted by molar-refractivity contribution is 0.584. The predicted molar refractivity (Wildman–Crippen MR) is 58.5 cm³/mol. The Bertz CT molecular complexity index is 358. The molecule has 1 unspecified atom stereocenters. The molecule has 14 heavy (non-hydrogen) atoms. The van der Waals surface area contributed by atoms with Gasteiger partial charge in [0.15, 0.2) is 0 Å². The third-order valence-electron chi connectivity index (χ3n) is 3.92. The number of rotatable bonds is 2. The summed E-state index contributed by atoms with van der Waals surface area (Å²) >= 11 is 0. The van der Waals surface area contributed by atoms with Crippen LogP contribution in [0, 0.1) is 0 Å². The van der Waals surface area contributed by atoms with E-state index in [1.807, 2.05) is 0 Å². The number of likely N-dealkylation sites (N-methyl/N-ethyl adjacent to an activating group) is 1. The van der Waals surface area contributed by atoms with Gasteiger partial charge in [0, 0.05) is 11.5 Å². The average molecular weight is 187 g/mol. The van der Waals surface area contributed by atoms with Crippen LogP contribution in [0.5, 0.6) is 0 Å². The van der Waals surface area contributed by atoms with E-state index in [9.17, 15) is 0 Å². The molecule has 0 saturated heterocycles. The van der Waals surface area contributed by atoms with E-state index in [4.69, 9.17) is 0 Å². The lowest BCUT2D eigenvalue weighted by Crippen LogP contribution is -2.23. The summed E-state index contributed by atoms with van der Waals surface area (Å²) in [6.07, 6.45) is 4.01. The van der Waals surface area contributed by atoms with Crippen LogP contribution in [0.15, 0.2) is 24.3 Å². The van der Waals surface area contributed by atoms with Crippen LogP contribution in [0.2, 0.25) is 0 Å². The van der Waals surface area contributed by atoms with E-state index in [1.54, 1.807) is 11.1 Å². The molecule has 2 aliphatic rings. The topological polar surface area (TPSA) is 12.0 Å². The summed E-state index contributed by atoms with van der Waals surface area (Å²) in [5, 5.41) is 3.59. The zero-order valence-corrected chi connectivity index (χ0v) is 8.72. The average Bonchev–Trinajstić information content (AvgIpc) is 2.77. The van der Waals surface area contributed by atoms with Gasteiger partial charge in [0.25, 0.3) is 0 Å². The summed E-state index contributed by atoms with van der Waals surface area (Å²) in [6, 6.07) is 9.75. The molecule has 1 fully saturated rings. The molecule has 1 spiro atoms. The fraction of sp³-hybridized carbons (Fsp3) is 0.538. The van der Waals surface area contributed by atoms with E-state index in [0.717, 1.165) is 12.6 Å². The van der Waals surface area contributed by atoms with Crippen LogP contribution in [-0.2, 0) is 11.8 Å². The summed E-state index contributed by atoms with van der Waals surface area (Å²) < 4.78 is 0. The van der Waals surface area contributed by atoms with Crippen molar-refractivity contribution in [3.63, 3.8) is 0 Å². The second kappa shape index (κ2) is 2.83. The summed E-state index contributed by atoms with van der Waals surface area (Å²) in [5.74, 6) is 0. The highest BCUT2D eigenvalue weighted by Crippen LogP contribution is 2.56. The first kappa shape index (κ1) is 8.49. The molecule has 0 amide bonds. The third-order valence-corrected chi connectivity index (χ3v) is 3.92. The monoisotopic (exact) mass is 187 g/mol. The molecule has 1 aromatic carbocycles. The van der Waals surface area contributed by atoms with E-state index in [1.165, 1.54) is 19.3 Å². The Morgan fingerprint density at radius 3 is 3.14 bits per heavy atom. The summed E-state index contributed by atoms with van der Waals surface area (Å²) in [4.78, 5) is 0. The Hall–Kier alpha value is -0.820. The first-order valence-corrected chi connectivity index (χ1v) is 5.68. The smallest absolute Gasteiger partial charge is 0.0174 e. The second-order valence-corrected chi connectivity index (χ2v) is 4.63. The van der Waals surface area contributed by atoms with Crippen LogP contribution in [-0.4, -0.2) is 12.6 Å². The maximum atomic E-state index is 3.59. The van der Waals surface area contributed by atoms with Gasteiger partial charge in [-0.15, -0.1) is 0 Å². The van der Waals surface area contributed by atoms with E-state index in [-0.39, 0.29) is 0 Å². The Labute approximate surface area is 85.5 Å². The maximum Gasteiger partial charge on any atom is 0.0174 e. The van der Waals surface area contributed by atoms with Crippen LogP contribution >= 0.6 is 0 Å². The van der Waals surface area contributed by atoms with Gasteiger partial charge in [0.05, 0.1) is 0 Å². The fourth-order valence-corrected chi connectivity index (χ4v) is 3.11. The molecule has 1 aromatic rings. The molecule has 1 N–H and O–H groups in total. The number of nitrogens with one attached hydrogen (secondary N) is 1. The van der Waals surface area contributed by atoms with Gasteiger partial charge in [-0.05, 0) is 36.9 Å². The van der Waals surface area contributed by atoms with Crippen molar-refractivity contribution in [1.29, 1.82) is 0 Å². The normalized spacial score (nSPS) is 33.4. The van der Waals surface area contributed by atoms with Gasteiger partial charge in [0.2, 0.25) is 0 Å². The van der Waals surface area contributed by atoms with Crippen molar-refractivity contribution in [1.82, 2.24) is 5.32 Å². The Morgan fingerprint density at radius 1 is 1.43 bits per heavy atom. The fourth-order valence-electron chi connectivity index (χ4n) is 3.11. The first-order chi connectivity index (χ1) is 6.87. The van der Waals surface area contributed by atoms with Gasteiger partial charge in [-0.2, -0.15) is 0 Å². The largest absolute Gasteiger partial charge is 0.313 e. The summed E-state index contributed by atoms with van der Waals surface area (Å²) in [5.41, 5.74) is 3.76. The number of fused-ring (bicyclic) bond motifs is 2. The van der Waals surface area contributed by atoms with Crippen LogP contribution in [0.25, 0.3) is 0 Å². The molecule has 0 radical (unpaired) electrons. The summed E-state index contributed by atoms with van der Waals surface area (Å²) in [6.45, 7) is 3.31. The van der Waals surface area contributed by atoms with E-state index in [0.29, 0.717) is 5.41 Å². The van der Waals surface area contributed by atoms with Crippen molar-refractivity contribution in [2.24, 2.45) is 0 Å². The minimum atomic E-state index is 0.534. The molecule has 3 rings (SSSR count). The molecule has 1 saturated carbocycles. The molecule has 2 atom stereocenters. The number of benzene rings is 1. The van der Waals surface area contributed by atoms with Crippen LogP contribution in [0.3, 0.4) is 0 Å². The van der Waals surface area contributed by atoms with Gasteiger partial charge in [0.1, 0.15) is 0 Å². The number of hydrogen-bond donors (Lipinski definition) is 1. The van der Waals surface area contributed by atoms with Gasteiger partial charge < -0.3 is 5.32 Å². The quantitative estimate of drug-likeness (QED) is 0.749. The maximum absolute atomic E-state index is 3.59. The zero-order valence-electron chi connectivity index (χ0n) is 8.72. The van der Waals surface area contributed by atoms with Gasteiger partial charge in [-0.1, -0.05) is 31.2 Å². The molecule has 74 valence electrons. The van der Waals surface area contributed by atoms with E-state index >= 15 is 0 Å². The number of hydrogen-bond acceptors (Lipinski definition) is 1. The SMILES string of the molecule is CCN[C@H]1CC12CCc1ccccc12. The van der Waals surface area contributed by atoms with E-state index < -0.39 is 0 Å². The molecule has 0 aliphatic heterocycles. The molecule has 1 heteroatoms. The van der Waals surface area contributed by atoms with Gasteiger partial charge in [-0.25, -0.2) is 0 Å². The predicted octanol–water partition coefficient (Wildman–Crippen LogP) is 2.25. The van der Waals surface area contributed by atoms with Crippen molar-refractivity contribution in [2.75, 3.05) is 6.54 Å². The van der Waals surface area contributed by atoms with Gasteiger partial charge in [-0.3, -0.25) is 0 Å². The lowest BCUT2D eigenvalue weighted by atomic mass is 9.97. The Kier molecular flexibility index (Phi) is 1.72. The van der Waals surface area contributed by atoms with Crippen molar-refractivity contribution in [3.05, 3.63) is 35.4 Å². The highest BCUT2D eigenvalue weighted by atomic mass is 15.0. The van der Waals surface area contributed by atoms with Crippen LogP contribution < -0.4 is 5.32 Å². The summed E-state index contributed by atoms with van der Waals surface area (Å²) in [7, 11) is 0. The second-order valence-electron chi connectivity index (χ2n) is 4.63. The molecular weight excluding hydrogens is 170 g/mol. The highest BCUT2D eigenvalue weighted by Gasteiger charge is 2.57. The van der Waals surface area contributed by atoms with Crippen molar-refractivity contribution in [2.45, 2.75) is 37.6 Å². The van der Waals surface area contributed by atoms with Crippen LogP contribution in [0.4, 0.5) is 0 Å². The van der Waals surface area contributed by atoms with Crippen molar-refractivity contribution >= 4 is 0 Å². The zero-order chi connectivity index (χ0) is 9.60. The Morgan fingerprint density at radius 2 is 2.29 bits per heavy atom. The molecule has 1 nitrogen and oxygen atoms in total. The standard InChI is InChI=1S/C13H17N/c1-2-14-12-9-13(12)8-7-10-5-3-4-6-11(10)13/h3-6,12,14H,2,7-9H2,1H3/t12-,13?/m0/s1. The van der Waals surface area contributed by atoms with Crippen molar-refractivity contribution in [3.8, 4) is 0 Å². The number of aryl methyl sites for hydroxylation is 1. The minimum absolute atomic E-state index is 0.534. The Balaban J connectivity index is 1.93. The minimum Gasteiger partial charge on any atom is -0.313 e. The van der Waals surface area contributed by atoms with Gasteiger partial charge >= 0.3 is 0 Å².